The Morgan fingerprint density at radius 1 is 0.857 bits per heavy atom. The van der Waals surface area contributed by atoms with Crippen molar-refractivity contribution in [3.63, 3.8) is 0 Å². The molecule has 0 fully saturated rings. The summed E-state index contributed by atoms with van der Waals surface area (Å²) in [5.74, 6) is 0.375. The topological polar surface area (TPSA) is 9.86 Å². The van der Waals surface area contributed by atoms with Crippen LogP contribution in [0.5, 0.6) is 0 Å². The highest BCUT2D eigenvalue weighted by Gasteiger charge is 2.25. The molecule has 7 rings (SSSR count). The first-order valence-electron chi connectivity index (χ1n) is 17.8. The lowest BCUT2D eigenvalue weighted by Gasteiger charge is -2.18. The maximum Gasteiger partial charge on any atom is 0.0534 e. The summed E-state index contributed by atoms with van der Waals surface area (Å²) in [6, 6.07) is 19.6. The molecule has 2 heteroatoms. The van der Waals surface area contributed by atoms with Crippen LogP contribution in [0.25, 0.3) is 46.5 Å². The number of hydrogen-bond acceptors (Lipinski definition) is 0. The highest BCUT2D eigenvalue weighted by atomic mass is 15.0. The molecule has 0 saturated carbocycles. The maximum atomic E-state index is 4.58. The number of rotatable bonds is 8. The standard InChI is InChI=1S/C45H42N2.C2H6/c1-4-5-25-42-34(3)39-23-14-15-27-43(39)47(42)38-28-30-41-40-24-10-7-11-26-44(40)46(45(41)31-29-38)33(2)17-12-13-18-35-19-16-22-37(32-35)36-20-8-6-9-21-36;1-2/h4-6,8-18,20-27,29,31-32,35,38H,1-2,7,19,28,30H2,3H3;1-2H3/b17-12-,18-13+,25-5-;. The Balaban J connectivity index is 0.00000205. The van der Waals surface area contributed by atoms with Crippen LogP contribution in [-0.4, -0.2) is 9.13 Å². The molecule has 49 heavy (non-hydrogen) atoms. The third-order valence-corrected chi connectivity index (χ3v) is 9.58. The molecular formula is C47H48N2. The van der Waals surface area contributed by atoms with Crippen molar-refractivity contribution in [2.75, 3.05) is 0 Å². The third-order valence-electron chi connectivity index (χ3n) is 9.58. The van der Waals surface area contributed by atoms with E-state index in [1.54, 1.807) is 0 Å². The van der Waals surface area contributed by atoms with E-state index < -0.39 is 0 Å². The van der Waals surface area contributed by atoms with E-state index in [1.807, 2.05) is 26.0 Å². The van der Waals surface area contributed by atoms with Crippen molar-refractivity contribution in [3.05, 3.63) is 180 Å². The number of aromatic nitrogens is 2. The monoisotopic (exact) mass is 640 g/mol. The fourth-order valence-corrected chi connectivity index (χ4v) is 7.31. The minimum absolute atomic E-state index is 0.227. The molecular weight excluding hydrogens is 593 g/mol. The summed E-state index contributed by atoms with van der Waals surface area (Å²) in [4.78, 5) is 0. The van der Waals surface area contributed by atoms with Crippen molar-refractivity contribution < 1.29 is 0 Å². The molecule has 0 radical (unpaired) electrons. The summed E-state index contributed by atoms with van der Waals surface area (Å²) in [6.45, 7) is 14.7. The van der Waals surface area contributed by atoms with Crippen LogP contribution in [-0.2, 0) is 6.42 Å². The number of hydrogen-bond donors (Lipinski definition) is 0. The zero-order valence-electron chi connectivity index (χ0n) is 29.2. The third kappa shape index (κ3) is 6.96. The van der Waals surface area contributed by atoms with E-state index in [0.717, 1.165) is 31.4 Å². The lowest BCUT2D eigenvalue weighted by atomic mass is 9.92. The zero-order chi connectivity index (χ0) is 34.2. The second-order valence-electron chi connectivity index (χ2n) is 12.5. The van der Waals surface area contributed by atoms with Gasteiger partial charge in [-0.2, -0.15) is 0 Å². The highest BCUT2D eigenvalue weighted by molar-refractivity contribution is 5.88. The molecule has 2 nitrogen and oxygen atoms in total. The van der Waals surface area contributed by atoms with Crippen molar-refractivity contribution in [2.45, 2.75) is 52.5 Å². The van der Waals surface area contributed by atoms with Gasteiger partial charge in [-0.1, -0.05) is 148 Å². The molecule has 3 aliphatic rings. The highest BCUT2D eigenvalue weighted by Crippen LogP contribution is 2.39. The van der Waals surface area contributed by atoms with Gasteiger partial charge in [-0.3, -0.25) is 0 Å². The predicted molar refractivity (Wildman–Crippen MR) is 216 cm³/mol. The summed E-state index contributed by atoms with van der Waals surface area (Å²) in [6.07, 6.45) is 39.6. The van der Waals surface area contributed by atoms with Gasteiger partial charge in [0.1, 0.15) is 0 Å². The molecule has 3 aliphatic carbocycles. The van der Waals surface area contributed by atoms with Gasteiger partial charge in [-0.15, -0.1) is 0 Å². The number of para-hydroxylation sites is 1. The van der Waals surface area contributed by atoms with Gasteiger partial charge < -0.3 is 9.13 Å². The van der Waals surface area contributed by atoms with Gasteiger partial charge in [0.2, 0.25) is 0 Å². The van der Waals surface area contributed by atoms with Crippen molar-refractivity contribution >= 4 is 46.5 Å². The van der Waals surface area contributed by atoms with Crippen LogP contribution in [0.15, 0.2) is 141 Å². The lowest BCUT2D eigenvalue weighted by Crippen LogP contribution is -2.09. The largest absolute Gasteiger partial charge is 0.334 e. The zero-order valence-corrected chi connectivity index (χ0v) is 29.2. The lowest BCUT2D eigenvalue weighted by molar-refractivity contribution is 0.575. The molecule has 2 unspecified atom stereocenters. The van der Waals surface area contributed by atoms with Crippen LogP contribution in [0.2, 0.25) is 0 Å². The van der Waals surface area contributed by atoms with E-state index in [1.165, 1.54) is 55.8 Å². The summed E-state index contributed by atoms with van der Waals surface area (Å²) in [7, 11) is 0. The molecule has 2 heterocycles. The van der Waals surface area contributed by atoms with Crippen LogP contribution in [0, 0.1) is 12.8 Å². The average molecular weight is 641 g/mol. The average Bonchev–Trinajstić information content (AvgIpc) is 3.34. The number of benzene rings is 2. The Kier molecular flexibility index (Phi) is 10.8. The Bertz CT molecular complexity index is 2070. The van der Waals surface area contributed by atoms with Crippen LogP contribution >= 0.6 is 0 Å². The van der Waals surface area contributed by atoms with Gasteiger partial charge in [-0.25, -0.2) is 0 Å². The van der Waals surface area contributed by atoms with E-state index in [-0.39, 0.29) is 6.04 Å². The molecule has 2 aromatic carbocycles. The van der Waals surface area contributed by atoms with E-state index in [0.29, 0.717) is 5.92 Å². The number of nitrogens with zero attached hydrogens (tertiary/aromatic N) is 2. The molecule has 0 bridgehead atoms. The minimum Gasteiger partial charge on any atom is -0.334 e. The van der Waals surface area contributed by atoms with E-state index in [4.69, 9.17) is 0 Å². The summed E-state index contributed by atoms with van der Waals surface area (Å²) in [5.41, 5.74) is 12.5. The molecule has 0 aliphatic heterocycles. The van der Waals surface area contributed by atoms with Crippen molar-refractivity contribution in [3.8, 4) is 0 Å². The smallest absolute Gasteiger partial charge is 0.0534 e. The van der Waals surface area contributed by atoms with E-state index in [2.05, 4.69) is 169 Å². The summed E-state index contributed by atoms with van der Waals surface area (Å²) in [5, 5.41) is 1.31. The Hall–Kier alpha value is -5.34. The SMILES string of the molecule is C=C/C=C\c1c(C)c2ccccc2n1C1C=Cc2c(c3c(n2C(=C)/C=C\C=C\C2C=C(c4ccccc4)C=CC2)C=CCC=C3)CC1.CC. The second-order valence-corrected chi connectivity index (χ2v) is 12.5. The Morgan fingerprint density at radius 2 is 1.65 bits per heavy atom. The molecule has 4 aromatic rings. The van der Waals surface area contributed by atoms with Gasteiger partial charge in [0.15, 0.2) is 0 Å². The van der Waals surface area contributed by atoms with Crippen molar-refractivity contribution in [1.82, 2.24) is 9.13 Å². The molecule has 0 amide bonds. The number of aryl methyl sites for hydroxylation is 1. The van der Waals surface area contributed by atoms with Crippen LogP contribution in [0.3, 0.4) is 0 Å². The second kappa shape index (κ2) is 15.7. The van der Waals surface area contributed by atoms with E-state index >= 15 is 0 Å². The Labute approximate surface area is 293 Å². The van der Waals surface area contributed by atoms with Gasteiger partial charge in [0.25, 0.3) is 0 Å². The van der Waals surface area contributed by atoms with Crippen LogP contribution < -0.4 is 0 Å². The first-order chi connectivity index (χ1) is 24.1. The minimum atomic E-state index is 0.227. The van der Waals surface area contributed by atoms with Crippen molar-refractivity contribution in [2.24, 2.45) is 5.92 Å². The number of allylic oxidation sites excluding steroid dienone is 14. The summed E-state index contributed by atoms with van der Waals surface area (Å²) < 4.78 is 4.87. The first kappa shape index (κ1) is 33.6. The maximum absolute atomic E-state index is 4.58. The quantitative estimate of drug-likeness (QED) is 0.170. The molecule has 2 aromatic heterocycles. The van der Waals surface area contributed by atoms with Gasteiger partial charge >= 0.3 is 0 Å². The molecule has 0 saturated heterocycles. The van der Waals surface area contributed by atoms with Gasteiger partial charge in [0, 0.05) is 33.6 Å². The van der Waals surface area contributed by atoms with Gasteiger partial charge in [-0.05, 0) is 91.2 Å². The molecule has 0 N–H and O–H groups in total. The molecule has 0 spiro atoms. The summed E-state index contributed by atoms with van der Waals surface area (Å²) >= 11 is 0. The predicted octanol–water partition coefficient (Wildman–Crippen LogP) is 12.9. The van der Waals surface area contributed by atoms with E-state index in [9.17, 15) is 0 Å². The van der Waals surface area contributed by atoms with Crippen LogP contribution in [0.4, 0.5) is 0 Å². The Morgan fingerprint density at radius 3 is 2.49 bits per heavy atom. The fourth-order valence-electron chi connectivity index (χ4n) is 7.31. The van der Waals surface area contributed by atoms with Gasteiger partial charge in [0.05, 0.1) is 11.7 Å². The normalized spacial score (nSPS) is 18.3. The fraction of sp³-hybridized carbons (Fsp3) is 0.191. The number of fused-ring (bicyclic) bond motifs is 4. The van der Waals surface area contributed by atoms with Crippen LogP contribution in [0.1, 0.15) is 78.5 Å². The molecule has 2 atom stereocenters. The van der Waals surface area contributed by atoms with Crippen molar-refractivity contribution in [1.29, 1.82) is 0 Å². The first-order valence-corrected chi connectivity index (χ1v) is 17.8. The molecule has 246 valence electrons.